The van der Waals surface area contributed by atoms with E-state index in [2.05, 4.69) is 22.2 Å². The van der Waals surface area contributed by atoms with Crippen LogP contribution in [0.25, 0.3) is 0 Å². The number of allylic oxidation sites excluding steroid dienone is 2. The van der Waals surface area contributed by atoms with Gasteiger partial charge in [-0.3, -0.25) is 4.72 Å². The van der Waals surface area contributed by atoms with E-state index in [0.29, 0.717) is 17.0 Å². The SMILES string of the molecule is COC(=O)c1ccc(C2Nc3ccc(S(=O)(=O)Nc4ccc(OC)cc4)cc3C3C=CCC32)cc1. The van der Waals surface area contributed by atoms with Gasteiger partial charge in [-0.2, -0.15) is 0 Å². The Morgan fingerprint density at radius 2 is 1.74 bits per heavy atom. The molecule has 3 aromatic carbocycles. The van der Waals surface area contributed by atoms with Crippen LogP contribution < -0.4 is 14.8 Å². The molecule has 0 saturated heterocycles. The standard InChI is InChI=1S/C27H26N2O5S/c1-33-20-12-10-19(11-13-20)29-35(31,32)21-14-15-25-24(16-21)22-4-3-5-23(22)26(28-25)17-6-8-18(9-7-17)27(30)34-2/h3-4,6-16,22-23,26,28-29H,5H2,1-2H3. The lowest BCUT2D eigenvalue weighted by atomic mass is 9.77. The third kappa shape index (κ3) is 4.37. The van der Waals surface area contributed by atoms with Gasteiger partial charge in [0.1, 0.15) is 5.75 Å². The number of sulfonamides is 1. The molecule has 3 atom stereocenters. The maximum Gasteiger partial charge on any atom is 0.337 e. The highest BCUT2D eigenvalue weighted by Crippen LogP contribution is 2.50. The summed E-state index contributed by atoms with van der Waals surface area (Å²) in [6.45, 7) is 0. The number of rotatable bonds is 6. The summed E-state index contributed by atoms with van der Waals surface area (Å²) >= 11 is 0. The van der Waals surface area contributed by atoms with Crippen molar-refractivity contribution in [3.05, 3.63) is 95.6 Å². The first-order valence-corrected chi connectivity index (χ1v) is 12.8. The smallest absolute Gasteiger partial charge is 0.337 e. The highest BCUT2D eigenvalue weighted by molar-refractivity contribution is 7.92. The van der Waals surface area contributed by atoms with Crippen LogP contribution in [0.5, 0.6) is 5.75 Å². The van der Waals surface area contributed by atoms with E-state index < -0.39 is 10.0 Å². The molecule has 2 aliphatic rings. The van der Waals surface area contributed by atoms with Crippen molar-refractivity contribution >= 4 is 27.4 Å². The summed E-state index contributed by atoms with van der Waals surface area (Å²) in [6, 6.07) is 19.4. The van der Waals surface area contributed by atoms with Gasteiger partial charge < -0.3 is 14.8 Å². The summed E-state index contributed by atoms with van der Waals surface area (Å²) in [5.74, 6) is 0.615. The van der Waals surface area contributed by atoms with Crippen LogP contribution in [-0.4, -0.2) is 28.6 Å². The molecule has 0 aromatic heterocycles. The van der Waals surface area contributed by atoms with Crippen molar-refractivity contribution in [2.24, 2.45) is 5.92 Å². The van der Waals surface area contributed by atoms with Crippen LogP contribution in [0.15, 0.2) is 83.8 Å². The van der Waals surface area contributed by atoms with Gasteiger partial charge in [0, 0.05) is 17.3 Å². The third-order valence-electron chi connectivity index (χ3n) is 6.68. The molecule has 1 aliphatic heterocycles. The zero-order valence-electron chi connectivity index (χ0n) is 19.4. The molecule has 3 unspecified atom stereocenters. The second-order valence-electron chi connectivity index (χ2n) is 8.67. The summed E-state index contributed by atoms with van der Waals surface area (Å²) in [5, 5.41) is 3.60. The molecule has 180 valence electrons. The minimum atomic E-state index is -3.76. The highest BCUT2D eigenvalue weighted by atomic mass is 32.2. The molecule has 1 aliphatic carbocycles. The van der Waals surface area contributed by atoms with Gasteiger partial charge in [0.05, 0.1) is 30.7 Å². The van der Waals surface area contributed by atoms with E-state index in [-0.39, 0.29) is 28.7 Å². The predicted molar refractivity (Wildman–Crippen MR) is 134 cm³/mol. The quantitative estimate of drug-likeness (QED) is 0.368. The van der Waals surface area contributed by atoms with Crippen molar-refractivity contribution in [2.45, 2.75) is 23.3 Å². The van der Waals surface area contributed by atoms with Gasteiger partial charge >= 0.3 is 5.97 Å². The van der Waals surface area contributed by atoms with Gasteiger partial charge in [0.25, 0.3) is 10.0 Å². The molecule has 0 fully saturated rings. The highest BCUT2D eigenvalue weighted by Gasteiger charge is 2.38. The van der Waals surface area contributed by atoms with Crippen molar-refractivity contribution in [1.82, 2.24) is 0 Å². The van der Waals surface area contributed by atoms with Crippen LogP contribution in [0.2, 0.25) is 0 Å². The summed E-state index contributed by atoms with van der Waals surface area (Å²) in [5.41, 5.74) is 3.91. The first kappa shape index (κ1) is 23.0. The number of anilines is 2. The van der Waals surface area contributed by atoms with E-state index in [1.165, 1.54) is 7.11 Å². The largest absolute Gasteiger partial charge is 0.497 e. The lowest BCUT2D eigenvalue weighted by Gasteiger charge is -2.37. The number of fused-ring (bicyclic) bond motifs is 3. The Morgan fingerprint density at radius 3 is 2.43 bits per heavy atom. The van der Waals surface area contributed by atoms with Gasteiger partial charge in [0.15, 0.2) is 0 Å². The van der Waals surface area contributed by atoms with E-state index in [4.69, 9.17) is 9.47 Å². The number of ether oxygens (including phenoxy) is 2. The summed E-state index contributed by atoms with van der Waals surface area (Å²) < 4.78 is 38.8. The molecule has 7 nitrogen and oxygen atoms in total. The zero-order chi connectivity index (χ0) is 24.6. The predicted octanol–water partition coefficient (Wildman–Crippen LogP) is 5.11. The number of carbonyl (C=O) groups excluding carboxylic acids is 1. The van der Waals surface area contributed by atoms with E-state index >= 15 is 0 Å². The molecular formula is C27H26N2O5S. The molecule has 0 spiro atoms. The van der Waals surface area contributed by atoms with Gasteiger partial charge in [-0.05, 0) is 78.1 Å². The van der Waals surface area contributed by atoms with Crippen LogP contribution >= 0.6 is 0 Å². The van der Waals surface area contributed by atoms with E-state index in [9.17, 15) is 13.2 Å². The van der Waals surface area contributed by atoms with Crippen molar-refractivity contribution in [3.8, 4) is 5.75 Å². The molecular weight excluding hydrogens is 464 g/mol. The van der Waals surface area contributed by atoms with Crippen LogP contribution in [-0.2, 0) is 14.8 Å². The van der Waals surface area contributed by atoms with Gasteiger partial charge in [0.2, 0.25) is 0 Å². The fraction of sp³-hybridized carbons (Fsp3) is 0.222. The van der Waals surface area contributed by atoms with E-state index in [1.54, 1.807) is 55.6 Å². The number of benzene rings is 3. The number of methoxy groups -OCH3 is 2. The average molecular weight is 491 g/mol. The molecule has 3 aromatic rings. The van der Waals surface area contributed by atoms with Gasteiger partial charge in [-0.1, -0.05) is 24.3 Å². The normalized spacial score (nSPS) is 20.3. The van der Waals surface area contributed by atoms with Crippen molar-refractivity contribution in [3.63, 3.8) is 0 Å². The number of hydrogen-bond donors (Lipinski definition) is 2. The Kier molecular flexibility index (Phi) is 5.98. The Hall–Kier alpha value is -3.78. The van der Waals surface area contributed by atoms with Gasteiger partial charge in [-0.15, -0.1) is 0 Å². The fourth-order valence-corrected chi connectivity index (χ4v) is 5.98. The Bertz CT molecular complexity index is 1380. The molecule has 1 heterocycles. The summed E-state index contributed by atoms with van der Waals surface area (Å²) in [7, 11) is -0.834. The summed E-state index contributed by atoms with van der Waals surface area (Å²) in [6.07, 6.45) is 5.19. The second kappa shape index (κ2) is 9.11. The minimum Gasteiger partial charge on any atom is -0.497 e. The Morgan fingerprint density at radius 1 is 1.00 bits per heavy atom. The minimum absolute atomic E-state index is 0.0362. The monoisotopic (exact) mass is 490 g/mol. The first-order valence-electron chi connectivity index (χ1n) is 11.3. The van der Waals surface area contributed by atoms with Crippen molar-refractivity contribution < 1.29 is 22.7 Å². The Labute approximate surface area is 204 Å². The number of carbonyl (C=O) groups is 1. The van der Waals surface area contributed by atoms with E-state index in [0.717, 1.165) is 23.2 Å². The molecule has 2 N–H and O–H groups in total. The molecule has 0 saturated carbocycles. The van der Waals surface area contributed by atoms with E-state index in [1.807, 2.05) is 18.2 Å². The van der Waals surface area contributed by atoms with Crippen LogP contribution in [0, 0.1) is 5.92 Å². The lowest BCUT2D eigenvalue weighted by molar-refractivity contribution is 0.0600. The van der Waals surface area contributed by atoms with Gasteiger partial charge in [-0.25, -0.2) is 13.2 Å². The molecule has 0 amide bonds. The maximum atomic E-state index is 13.1. The molecule has 0 bridgehead atoms. The topological polar surface area (TPSA) is 93.7 Å². The third-order valence-corrected chi connectivity index (χ3v) is 8.06. The van der Waals surface area contributed by atoms with Crippen molar-refractivity contribution in [2.75, 3.05) is 24.3 Å². The molecule has 5 rings (SSSR count). The first-order chi connectivity index (χ1) is 16.9. The Balaban J connectivity index is 1.43. The molecule has 35 heavy (non-hydrogen) atoms. The second-order valence-corrected chi connectivity index (χ2v) is 10.4. The zero-order valence-corrected chi connectivity index (χ0v) is 20.2. The average Bonchev–Trinajstić information content (AvgIpc) is 3.38. The molecule has 0 radical (unpaired) electrons. The number of nitrogens with one attached hydrogen (secondary N) is 2. The van der Waals surface area contributed by atoms with Crippen LogP contribution in [0.4, 0.5) is 11.4 Å². The fourth-order valence-electron chi connectivity index (χ4n) is 4.89. The molecule has 8 heteroatoms. The lowest BCUT2D eigenvalue weighted by Crippen LogP contribution is -2.29. The van der Waals surface area contributed by atoms with Crippen molar-refractivity contribution in [1.29, 1.82) is 0 Å². The summed E-state index contributed by atoms with van der Waals surface area (Å²) in [4.78, 5) is 12.0. The maximum absolute atomic E-state index is 13.1. The number of hydrogen-bond acceptors (Lipinski definition) is 6. The van der Waals surface area contributed by atoms with Crippen LogP contribution in [0.1, 0.15) is 39.9 Å². The number of esters is 1. The van der Waals surface area contributed by atoms with Crippen LogP contribution in [0.3, 0.4) is 0 Å².